The van der Waals surface area contributed by atoms with Gasteiger partial charge in [-0.25, -0.2) is 9.97 Å². The van der Waals surface area contributed by atoms with Gasteiger partial charge in [0.1, 0.15) is 12.4 Å². The maximum atomic E-state index is 5.29. The Labute approximate surface area is 114 Å². The van der Waals surface area contributed by atoms with Crippen LogP contribution in [0.15, 0.2) is 17.7 Å². The van der Waals surface area contributed by atoms with Crippen LogP contribution in [0, 0.1) is 6.92 Å². The number of anilines is 1. The zero-order chi connectivity index (χ0) is 13.5. The van der Waals surface area contributed by atoms with E-state index in [0.717, 1.165) is 49.9 Å². The first-order valence-corrected chi connectivity index (χ1v) is 6.61. The molecule has 1 aliphatic heterocycles. The topological polar surface area (TPSA) is 56.3 Å². The fraction of sp³-hybridized carbons (Fsp3) is 0.571. The normalized spacial score (nSPS) is 15.2. The Morgan fingerprint density at radius 2 is 2.32 bits per heavy atom. The summed E-state index contributed by atoms with van der Waals surface area (Å²) >= 11 is 0. The van der Waals surface area contributed by atoms with Crippen molar-refractivity contribution in [3.05, 3.63) is 29.2 Å². The van der Waals surface area contributed by atoms with Crippen LogP contribution in [0.4, 0.5) is 5.82 Å². The molecule has 1 aromatic heterocycles. The molecule has 104 valence electrons. The van der Waals surface area contributed by atoms with E-state index in [1.807, 2.05) is 13.0 Å². The number of aryl methyl sites for hydroxylation is 1. The van der Waals surface area contributed by atoms with Crippen molar-refractivity contribution in [2.75, 3.05) is 32.2 Å². The molecule has 2 heterocycles. The molecule has 1 aliphatic rings. The van der Waals surface area contributed by atoms with E-state index in [0.29, 0.717) is 6.61 Å². The maximum absolute atomic E-state index is 5.29. The third-order valence-electron chi connectivity index (χ3n) is 2.98. The van der Waals surface area contributed by atoms with Gasteiger partial charge in [0.05, 0.1) is 13.2 Å². The smallest absolute Gasteiger partial charge is 0.156 e. The molecular weight excluding hydrogens is 242 g/mol. The van der Waals surface area contributed by atoms with Crippen LogP contribution in [0.2, 0.25) is 0 Å². The molecule has 2 rings (SSSR count). The monoisotopic (exact) mass is 263 g/mol. The quantitative estimate of drug-likeness (QED) is 0.796. The number of hydrogen-bond donors (Lipinski definition) is 1. The van der Waals surface area contributed by atoms with Crippen molar-refractivity contribution in [3.8, 4) is 0 Å². The molecule has 0 bridgehead atoms. The molecule has 0 radical (unpaired) electrons. The van der Waals surface area contributed by atoms with Gasteiger partial charge >= 0.3 is 0 Å². The lowest BCUT2D eigenvalue weighted by molar-refractivity contribution is 0.153. The van der Waals surface area contributed by atoms with Crippen LogP contribution in [-0.4, -0.2) is 36.8 Å². The predicted molar refractivity (Wildman–Crippen MR) is 74.1 cm³/mol. The van der Waals surface area contributed by atoms with E-state index < -0.39 is 0 Å². The molecule has 0 aliphatic carbocycles. The zero-order valence-electron chi connectivity index (χ0n) is 11.6. The summed E-state index contributed by atoms with van der Waals surface area (Å²) in [4.78, 5) is 8.73. The molecule has 0 atom stereocenters. The van der Waals surface area contributed by atoms with E-state index in [9.17, 15) is 0 Å². The summed E-state index contributed by atoms with van der Waals surface area (Å²) in [5, 5.41) is 3.34. The van der Waals surface area contributed by atoms with Crippen molar-refractivity contribution < 1.29 is 9.47 Å². The highest BCUT2D eigenvalue weighted by atomic mass is 16.5. The minimum Gasteiger partial charge on any atom is -0.377 e. The number of hydrogen-bond acceptors (Lipinski definition) is 5. The highest BCUT2D eigenvalue weighted by Gasteiger charge is 2.05. The van der Waals surface area contributed by atoms with Gasteiger partial charge in [-0.2, -0.15) is 0 Å². The largest absolute Gasteiger partial charge is 0.377 e. The van der Waals surface area contributed by atoms with E-state index >= 15 is 0 Å². The third kappa shape index (κ3) is 4.61. The molecule has 19 heavy (non-hydrogen) atoms. The minimum absolute atomic E-state index is 0.443. The first-order valence-electron chi connectivity index (χ1n) is 6.61. The van der Waals surface area contributed by atoms with Crippen LogP contribution in [0.5, 0.6) is 0 Å². The summed E-state index contributed by atoms with van der Waals surface area (Å²) in [7, 11) is 1.65. The van der Waals surface area contributed by atoms with Gasteiger partial charge < -0.3 is 14.8 Å². The molecule has 0 spiro atoms. The van der Waals surface area contributed by atoms with Crippen molar-refractivity contribution in [1.29, 1.82) is 0 Å². The van der Waals surface area contributed by atoms with E-state index in [2.05, 4.69) is 21.4 Å². The summed E-state index contributed by atoms with van der Waals surface area (Å²) in [5.74, 6) is 1.59. The van der Waals surface area contributed by atoms with Crippen LogP contribution in [0.25, 0.3) is 0 Å². The highest BCUT2D eigenvalue weighted by molar-refractivity contribution is 5.35. The van der Waals surface area contributed by atoms with Gasteiger partial charge in [0.25, 0.3) is 0 Å². The molecule has 5 nitrogen and oxygen atoms in total. The Bertz CT molecular complexity index is 446. The second kappa shape index (κ2) is 7.21. The summed E-state index contributed by atoms with van der Waals surface area (Å²) in [6.45, 7) is 4.89. The summed E-state index contributed by atoms with van der Waals surface area (Å²) in [5.41, 5.74) is 2.41. The van der Waals surface area contributed by atoms with Crippen molar-refractivity contribution in [1.82, 2.24) is 9.97 Å². The molecule has 1 N–H and O–H groups in total. The molecule has 0 aromatic carbocycles. The number of rotatable bonds is 6. The Morgan fingerprint density at radius 1 is 1.42 bits per heavy atom. The zero-order valence-corrected chi connectivity index (χ0v) is 11.6. The third-order valence-corrected chi connectivity index (χ3v) is 2.98. The van der Waals surface area contributed by atoms with Gasteiger partial charge in [-0.1, -0.05) is 11.6 Å². The fourth-order valence-electron chi connectivity index (χ4n) is 2.06. The molecule has 0 saturated heterocycles. The van der Waals surface area contributed by atoms with Crippen molar-refractivity contribution in [3.63, 3.8) is 0 Å². The molecule has 1 aromatic rings. The van der Waals surface area contributed by atoms with Gasteiger partial charge in [-0.3, -0.25) is 0 Å². The Hall–Kier alpha value is -1.46. The molecule has 0 amide bonds. The number of aromatic nitrogens is 2. The fourth-order valence-corrected chi connectivity index (χ4v) is 2.06. The molecule has 0 unspecified atom stereocenters. The van der Waals surface area contributed by atoms with E-state index in [1.54, 1.807) is 7.11 Å². The first-order chi connectivity index (χ1) is 9.28. The van der Waals surface area contributed by atoms with E-state index in [4.69, 9.17) is 9.47 Å². The van der Waals surface area contributed by atoms with Gasteiger partial charge in [0.15, 0.2) is 5.82 Å². The Kier molecular flexibility index (Phi) is 5.30. The van der Waals surface area contributed by atoms with Crippen LogP contribution in [0.1, 0.15) is 24.4 Å². The van der Waals surface area contributed by atoms with Crippen molar-refractivity contribution in [2.45, 2.75) is 26.4 Å². The highest BCUT2D eigenvalue weighted by Crippen LogP contribution is 2.13. The van der Waals surface area contributed by atoms with E-state index in [1.165, 1.54) is 5.57 Å². The van der Waals surface area contributed by atoms with Gasteiger partial charge in [0, 0.05) is 25.4 Å². The second-order valence-corrected chi connectivity index (χ2v) is 4.61. The summed E-state index contributed by atoms with van der Waals surface area (Å²) < 4.78 is 10.4. The first kappa shape index (κ1) is 14.0. The van der Waals surface area contributed by atoms with Crippen LogP contribution in [-0.2, 0) is 16.1 Å². The van der Waals surface area contributed by atoms with Crippen LogP contribution < -0.4 is 5.32 Å². The lowest BCUT2D eigenvalue weighted by Crippen LogP contribution is -2.11. The van der Waals surface area contributed by atoms with Crippen molar-refractivity contribution >= 4 is 5.82 Å². The number of ether oxygens (including phenoxy) is 2. The standard InChI is InChI=1S/C14H21N3O2/c1-11-9-13(17-14(16-11)10-18-2)15-6-3-12-4-7-19-8-5-12/h4,9H,3,5-8,10H2,1-2H3,(H,15,16,17). The molecule has 5 heteroatoms. The summed E-state index contributed by atoms with van der Waals surface area (Å²) in [6, 6.07) is 1.96. The Morgan fingerprint density at radius 3 is 3.05 bits per heavy atom. The number of nitrogens with zero attached hydrogens (tertiary/aromatic N) is 2. The average molecular weight is 263 g/mol. The van der Waals surface area contributed by atoms with Gasteiger partial charge in [-0.05, 0) is 19.8 Å². The second-order valence-electron chi connectivity index (χ2n) is 4.61. The number of nitrogens with one attached hydrogen (secondary N) is 1. The molecule has 0 fully saturated rings. The predicted octanol–water partition coefficient (Wildman–Crippen LogP) is 2.08. The molecular formula is C14H21N3O2. The van der Waals surface area contributed by atoms with Crippen molar-refractivity contribution in [2.24, 2.45) is 0 Å². The summed E-state index contributed by atoms with van der Waals surface area (Å²) in [6.07, 6.45) is 4.25. The Balaban J connectivity index is 1.86. The minimum atomic E-state index is 0.443. The van der Waals surface area contributed by atoms with E-state index in [-0.39, 0.29) is 0 Å². The van der Waals surface area contributed by atoms with Gasteiger partial charge in [0.2, 0.25) is 0 Å². The lowest BCUT2D eigenvalue weighted by atomic mass is 10.1. The SMILES string of the molecule is COCc1nc(C)cc(NCCC2=CCOCC2)n1. The average Bonchev–Trinajstić information content (AvgIpc) is 2.40. The lowest BCUT2D eigenvalue weighted by Gasteiger charge is -2.14. The van der Waals surface area contributed by atoms with Gasteiger partial charge in [-0.15, -0.1) is 0 Å². The van der Waals surface area contributed by atoms with Crippen LogP contribution >= 0.6 is 0 Å². The number of methoxy groups -OCH3 is 1. The maximum Gasteiger partial charge on any atom is 0.156 e. The molecule has 0 saturated carbocycles. The van der Waals surface area contributed by atoms with Crippen LogP contribution in [0.3, 0.4) is 0 Å².